The summed E-state index contributed by atoms with van der Waals surface area (Å²) in [6, 6.07) is 7.22. The van der Waals surface area contributed by atoms with Crippen LogP contribution in [0.2, 0.25) is 0 Å². The van der Waals surface area contributed by atoms with Gasteiger partial charge in [-0.1, -0.05) is 29.8 Å². The molecule has 0 N–H and O–H groups in total. The van der Waals surface area contributed by atoms with Gasteiger partial charge in [-0.2, -0.15) is 0 Å². The zero-order valence-corrected chi connectivity index (χ0v) is 12.8. The number of hydrogen-bond donors (Lipinski definition) is 0. The fourth-order valence-electron chi connectivity index (χ4n) is 2.01. The van der Waals surface area contributed by atoms with Crippen molar-refractivity contribution in [2.75, 3.05) is 13.2 Å². The van der Waals surface area contributed by atoms with Crippen LogP contribution in [-0.2, 0) is 14.3 Å². The molecule has 0 aromatic heterocycles. The van der Waals surface area contributed by atoms with Crippen LogP contribution >= 0.6 is 0 Å². The number of carbonyl (C=O) groups excluding carboxylic acids is 2. The Bertz CT molecular complexity index is 512. The van der Waals surface area contributed by atoms with Crippen molar-refractivity contribution in [1.82, 2.24) is 0 Å². The highest BCUT2D eigenvalue weighted by atomic mass is 16.6. The lowest BCUT2D eigenvalue weighted by Crippen LogP contribution is -2.38. The molecule has 0 heterocycles. The summed E-state index contributed by atoms with van der Waals surface area (Å²) in [6.07, 6.45) is 2.35. The Morgan fingerprint density at radius 1 is 1.19 bits per heavy atom. The number of benzene rings is 1. The zero-order valence-electron chi connectivity index (χ0n) is 12.8. The predicted molar refractivity (Wildman–Crippen MR) is 79.2 cm³/mol. The first-order valence-electron chi connectivity index (χ1n) is 7.29. The molecule has 114 valence electrons. The Labute approximate surface area is 125 Å². The monoisotopic (exact) mass is 290 g/mol. The van der Waals surface area contributed by atoms with Gasteiger partial charge in [0.2, 0.25) is 5.78 Å². The van der Waals surface area contributed by atoms with Gasteiger partial charge in [-0.3, -0.25) is 4.79 Å². The maximum atomic E-state index is 12.4. The van der Waals surface area contributed by atoms with Gasteiger partial charge in [0.25, 0.3) is 0 Å². The van der Waals surface area contributed by atoms with Gasteiger partial charge < -0.3 is 9.47 Å². The second-order valence-corrected chi connectivity index (χ2v) is 6.14. The van der Waals surface area contributed by atoms with E-state index in [0.29, 0.717) is 18.1 Å². The van der Waals surface area contributed by atoms with Crippen LogP contribution in [-0.4, -0.2) is 30.6 Å². The molecule has 1 aromatic carbocycles. The number of esters is 1. The number of aryl methyl sites for hydroxylation is 1. The van der Waals surface area contributed by atoms with E-state index in [4.69, 9.17) is 9.47 Å². The van der Waals surface area contributed by atoms with E-state index in [1.165, 1.54) is 12.8 Å². The van der Waals surface area contributed by atoms with E-state index in [2.05, 4.69) is 0 Å². The molecule has 0 amide bonds. The van der Waals surface area contributed by atoms with Crippen LogP contribution in [0.25, 0.3) is 0 Å². The van der Waals surface area contributed by atoms with E-state index in [9.17, 15) is 9.59 Å². The van der Waals surface area contributed by atoms with Crippen molar-refractivity contribution >= 4 is 11.8 Å². The molecule has 0 aliphatic heterocycles. The Kier molecular flexibility index (Phi) is 4.78. The fraction of sp³-hybridized carbons (Fsp3) is 0.529. The molecule has 4 nitrogen and oxygen atoms in total. The number of carbonyl (C=O) groups is 2. The van der Waals surface area contributed by atoms with Gasteiger partial charge in [0.05, 0.1) is 6.61 Å². The Hall–Kier alpha value is -1.68. The van der Waals surface area contributed by atoms with Crippen LogP contribution in [0.5, 0.6) is 0 Å². The van der Waals surface area contributed by atoms with Crippen LogP contribution in [0.15, 0.2) is 24.3 Å². The molecule has 1 fully saturated rings. The second-order valence-electron chi connectivity index (χ2n) is 6.14. The molecular weight excluding hydrogens is 268 g/mol. The molecule has 0 saturated heterocycles. The van der Waals surface area contributed by atoms with Crippen LogP contribution < -0.4 is 0 Å². The zero-order chi connectivity index (χ0) is 15.5. The Balaban J connectivity index is 1.88. The van der Waals surface area contributed by atoms with Crippen molar-refractivity contribution in [3.8, 4) is 0 Å². The molecule has 0 bridgehead atoms. The van der Waals surface area contributed by atoms with Gasteiger partial charge in [-0.15, -0.1) is 0 Å². The fourth-order valence-corrected chi connectivity index (χ4v) is 2.01. The van der Waals surface area contributed by atoms with Crippen LogP contribution in [0.3, 0.4) is 0 Å². The maximum absolute atomic E-state index is 12.4. The van der Waals surface area contributed by atoms with Gasteiger partial charge in [0, 0.05) is 5.56 Å². The molecule has 2 rings (SSSR count). The minimum Gasteiger partial charge on any atom is -0.450 e. The third-order valence-electron chi connectivity index (χ3n) is 3.50. The lowest BCUT2D eigenvalue weighted by molar-refractivity contribution is -0.158. The van der Waals surface area contributed by atoms with E-state index in [1.807, 2.05) is 19.1 Å². The van der Waals surface area contributed by atoms with Crippen molar-refractivity contribution in [2.45, 2.75) is 39.2 Å². The summed E-state index contributed by atoms with van der Waals surface area (Å²) in [7, 11) is 0. The normalized spacial score (nSPS) is 14.8. The summed E-state index contributed by atoms with van der Waals surface area (Å²) in [5, 5.41) is 0. The van der Waals surface area contributed by atoms with Gasteiger partial charge >= 0.3 is 5.97 Å². The summed E-state index contributed by atoms with van der Waals surface area (Å²) >= 11 is 0. The first kappa shape index (κ1) is 15.7. The number of ketones is 1. The first-order valence-corrected chi connectivity index (χ1v) is 7.29. The minimum absolute atomic E-state index is 0.0961. The standard InChI is InChI=1S/C17H22O4/c1-12-4-8-14(9-5-12)16(19)17(2,3)21-15(18)11-20-10-13-6-7-13/h4-5,8-9,13H,6-7,10-11H2,1-3H3. The summed E-state index contributed by atoms with van der Waals surface area (Å²) in [4.78, 5) is 24.1. The van der Waals surface area contributed by atoms with E-state index >= 15 is 0 Å². The van der Waals surface area contributed by atoms with Crippen molar-refractivity contribution in [3.05, 3.63) is 35.4 Å². The highest BCUT2D eigenvalue weighted by Crippen LogP contribution is 2.28. The van der Waals surface area contributed by atoms with E-state index in [-0.39, 0.29) is 12.4 Å². The molecule has 1 aliphatic carbocycles. The van der Waals surface area contributed by atoms with E-state index < -0.39 is 11.6 Å². The smallest absolute Gasteiger partial charge is 0.333 e. The van der Waals surface area contributed by atoms with Crippen molar-refractivity contribution in [1.29, 1.82) is 0 Å². The van der Waals surface area contributed by atoms with Crippen molar-refractivity contribution in [2.24, 2.45) is 5.92 Å². The number of hydrogen-bond acceptors (Lipinski definition) is 4. The average Bonchev–Trinajstić information content (AvgIpc) is 3.22. The lowest BCUT2D eigenvalue weighted by atomic mass is 9.96. The topological polar surface area (TPSA) is 52.6 Å². The number of Topliss-reactive ketones (excluding diaryl/α,β-unsaturated/α-hetero) is 1. The van der Waals surface area contributed by atoms with Crippen LogP contribution in [0, 0.1) is 12.8 Å². The average molecular weight is 290 g/mol. The van der Waals surface area contributed by atoms with Crippen molar-refractivity contribution in [3.63, 3.8) is 0 Å². The van der Waals surface area contributed by atoms with Gasteiger partial charge in [0.1, 0.15) is 6.61 Å². The third kappa shape index (κ3) is 4.67. The van der Waals surface area contributed by atoms with Gasteiger partial charge in [-0.05, 0) is 39.5 Å². The molecule has 0 spiro atoms. The predicted octanol–water partition coefficient (Wildman–Crippen LogP) is 2.93. The molecule has 1 aliphatic rings. The summed E-state index contributed by atoms with van der Waals surface area (Å²) in [6.45, 7) is 5.67. The quantitative estimate of drug-likeness (QED) is 0.572. The van der Waals surface area contributed by atoms with Crippen LogP contribution in [0.4, 0.5) is 0 Å². The summed E-state index contributed by atoms with van der Waals surface area (Å²) < 4.78 is 10.6. The molecule has 21 heavy (non-hydrogen) atoms. The highest BCUT2D eigenvalue weighted by Gasteiger charge is 2.33. The van der Waals surface area contributed by atoms with Crippen molar-refractivity contribution < 1.29 is 19.1 Å². The Morgan fingerprint density at radius 2 is 1.81 bits per heavy atom. The lowest BCUT2D eigenvalue weighted by Gasteiger charge is -2.23. The molecule has 1 aromatic rings. The molecular formula is C17H22O4. The highest BCUT2D eigenvalue weighted by molar-refractivity contribution is 6.03. The minimum atomic E-state index is -1.19. The second kappa shape index (κ2) is 6.39. The third-order valence-corrected chi connectivity index (χ3v) is 3.50. The Morgan fingerprint density at radius 3 is 2.38 bits per heavy atom. The van der Waals surface area contributed by atoms with Crippen LogP contribution in [0.1, 0.15) is 42.6 Å². The van der Waals surface area contributed by atoms with Gasteiger partial charge in [0.15, 0.2) is 5.60 Å². The molecule has 1 saturated carbocycles. The van der Waals surface area contributed by atoms with E-state index in [0.717, 1.165) is 5.56 Å². The van der Waals surface area contributed by atoms with Gasteiger partial charge in [-0.25, -0.2) is 4.79 Å². The summed E-state index contributed by atoms with van der Waals surface area (Å²) in [5.41, 5.74) is 0.432. The van der Waals surface area contributed by atoms with E-state index in [1.54, 1.807) is 26.0 Å². The maximum Gasteiger partial charge on any atom is 0.333 e. The molecule has 0 atom stereocenters. The molecule has 0 unspecified atom stereocenters. The number of ether oxygens (including phenoxy) is 2. The SMILES string of the molecule is Cc1ccc(C(=O)C(C)(C)OC(=O)COCC2CC2)cc1. The number of rotatable bonds is 7. The first-order chi connectivity index (χ1) is 9.88. The summed E-state index contributed by atoms with van der Waals surface area (Å²) in [5.74, 6) is -0.112. The largest absolute Gasteiger partial charge is 0.450 e. The molecule has 4 heteroatoms. The molecule has 0 radical (unpaired) electrons.